The number of halogens is 2. The minimum atomic E-state index is -1.48. The van der Waals surface area contributed by atoms with Crippen LogP contribution in [-0.2, 0) is 21.7 Å². The Morgan fingerprint density at radius 2 is 1.88 bits per heavy atom. The molecule has 41 heavy (non-hydrogen) atoms. The maximum atomic E-state index is 14.1. The molecule has 1 aromatic carbocycles. The smallest absolute Gasteiger partial charge is 0.320 e. The molecule has 1 fully saturated rings. The Kier molecular flexibility index (Phi) is 9.69. The van der Waals surface area contributed by atoms with E-state index in [1.165, 1.54) is 16.4 Å². The highest BCUT2D eigenvalue weighted by Crippen LogP contribution is 2.37. The summed E-state index contributed by atoms with van der Waals surface area (Å²) in [6, 6.07) is 8.56. The number of amides is 4. The Balaban J connectivity index is 1.61. The number of nitrogens with one attached hydrogen (secondary N) is 3. The molecule has 0 radical (unpaired) electrons. The van der Waals surface area contributed by atoms with E-state index in [0.29, 0.717) is 29.1 Å². The molecule has 0 aliphatic carbocycles. The molecule has 11 nitrogen and oxygen atoms in total. The second-order valence-corrected chi connectivity index (χ2v) is 11.5. The molecule has 2 atom stereocenters. The number of hydrogen-bond donors (Lipinski definition) is 4. The van der Waals surface area contributed by atoms with Crippen LogP contribution in [0.4, 0.5) is 10.5 Å². The van der Waals surface area contributed by atoms with Gasteiger partial charge in [0.05, 0.1) is 11.4 Å². The highest BCUT2D eigenvalue weighted by atomic mass is 35.5. The standard InChI is InChI=1S/C27H30Cl2N6O5S/c1-15(2)10-21(24(36)33-39)35-9-8-27(25(35)37,32-26(38)30-20-14-41-34-16(20)3)18-4-6-19(7-5-18)40-13-17-11-22(28)31-23(29)12-17/h4-7,11-12,14-15,21,39H,8-10,13H2,1-3H3,(H,33,36)(H2,30,32,38). The van der Waals surface area contributed by atoms with Crippen molar-refractivity contribution in [1.82, 2.24) is 25.1 Å². The van der Waals surface area contributed by atoms with Gasteiger partial charge >= 0.3 is 6.03 Å². The van der Waals surface area contributed by atoms with E-state index in [2.05, 4.69) is 20.0 Å². The Labute approximate surface area is 251 Å². The average molecular weight is 622 g/mol. The largest absolute Gasteiger partial charge is 0.489 e. The van der Waals surface area contributed by atoms with Gasteiger partial charge in [-0.05, 0) is 66.2 Å². The van der Waals surface area contributed by atoms with Crippen LogP contribution >= 0.6 is 34.7 Å². The molecule has 0 spiro atoms. The lowest BCUT2D eigenvalue weighted by atomic mass is 9.88. The summed E-state index contributed by atoms with van der Waals surface area (Å²) in [4.78, 5) is 45.2. The van der Waals surface area contributed by atoms with E-state index in [9.17, 15) is 19.6 Å². The molecule has 1 saturated heterocycles. The number of aryl methyl sites for hydroxylation is 1. The van der Waals surface area contributed by atoms with Crippen molar-refractivity contribution >= 4 is 58.3 Å². The van der Waals surface area contributed by atoms with Crippen LogP contribution in [-0.4, -0.2) is 49.9 Å². The fourth-order valence-electron chi connectivity index (χ4n) is 4.75. The van der Waals surface area contributed by atoms with Gasteiger partial charge in [0.2, 0.25) is 0 Å². The number of ether oxygens (including phenoxy) is 1. The number of rotatable bonds is 10. The predicted molar refractivity (Wildman–Crippen MR) is 155 cm³/mol. The Morgan fingerprint density at radius 1 is 1.20 bits per heavy atom. The molecule has 3 aromatic rings. The van der Waals surface area contributed by atoms with Gasteiger partial charge in [0.15, 0.2) is 0 Å². The van der Waals surface area contributed by atoms with Crippen LogP contribution in [0.15, 0.2) is 41.8 Å². The van der Waals surface area contributed by atoms with Crippen molar-refractivity contribution < 1.29 is 24.3 Å². The summed E-state index contributed by atoms with van der Waals surface area (Å²) in [5.74, 6) is -0.576. The summed E-state index contributed by atoms with van der Waals surface area (Å²) < 4.78 is 10.0. The first kappa shape index (κ1) is 30.5. The van der Waals surface area contributed by atoms with Crippen LogP contribution in [0, 0.1) is 12.8 Å². The number of benzene rings is 1. The first-order valence-electron chi connectivity index (χ1n) is 12.8. The monoisotopic (exact) mass is 620 g/mol. The van der Waals surface area contributed by atoms with Gasteiger partial charge in [-0.1, -0.05) is 49.2 Å². The molecule has 0 bridgehead atoms. The molecule has 2 unspecified atom stereocenters. The zero-order valence-electron chi connectivity index (χ0n) is 22.6. The Bertz CT molecular complexity index is 1400. The van der Waals surface area contributed by atoms with Crippen molar-refractivity contribution in [3.05, 3.63) is 68.9 Å². The number of aromatic nitrogens is 2. The SMILES string of the molecule is Cc1nscc1NC(=O)NC1(c2ccc(OCc3cc(Cl)nc(Cl)c3)cc2)CCN(C(CC(C)C)C(=O)NO)C1=O. The molecule has 0 saturated carbocycles. The summed E-state index contributed by atoms with van der Waals surface area (Å²) >= 11 is 13.1. The third-order valence-corrected chi connectivity index (χ3v) is 7.85. The van der Waals surface area contributed by atoms with E-state index in [1.807, 2.05) is 13.8 Å². The molecule has 1 aliphatic heterocycles. The van der Waals surface area contributed by atoms with Gasteiger partial charge in [-0.15, -0.1) is 0 Å². The molecule has 218 valence electrons. The lowest BCUT2D eigenvalue weighted by molar-refractivity contribution is -0.145. The minimum Gasteiger partial charge on any atom is -0.489 e. The lowest BCUT2D eigenvalue weighted by Gasteiger charge is -2.32. The molecule has 4 N–H and O–H groups in total. The number of anilines is 1. The summed E-state index contributed by atoms with van der Waals surface area (Å²) in [5, 5.41) is 17.2. The van der Waals surface area contributed by atoms with Crippen molar-refractivity contribution in [3.63, 3.8) is 0 Å². The van der Waals surface area contributed by atoms with Crippen molar-refractivity contribution in [2.24, 2.45) is 5.92 Å². The lowest BCUT2D eigenvalue weighted by Crippen LogP contribution is -2.56. The Hall–Kier alpha value is -3.45. The quantitative estimate of drug-likeness (QED) is 0.143. The van der Waals surface area contributed by atoms with Crippen LogP contribution in [0.2, 0.25) is 10.3 Å². The minimum absolute atomic E-state index is 0.0621. The Morgan fingerprint density at radius 3 is 2.46 bits per heavy atom. The van der Waals surface area contributed by atoms with Crippen LogP contribution < -0.4 is 20.9 Å². The second kappa shape index (κ2) is 13.0. The van der Waals surface area contributed by atoms with Gasteiger partial charge < -0.3 is 20.3 Å². The molecular formula is C27H30Cl2N6O5S. The van der Waals surface area contributed by atoms with Gasteiger partial charge in [0, 0.05) is 18.3 Å². The van der Waals surface area contributed by atoms with E-state index >= 15 is 0 Å². The van der Waals surface area contributed by atoms with Crippen LogP contribution in [0.3, 0.4) is 0 Å². The molecule has 3 heterocycles. The molecular weight excluding hydrogens is 591 g/mol. The number of urea groups is 1. The molecule has 4 rings (SSSR count). The van der Waals surface area contributed by atoms with E-state index in [1.54, 1.807) is 54.2 Å². The number of carbonyl (C=O) groups excluding carboxylic acids is 3. The number of likely N-dealkylation sites (tertiary alicyclic amines) is 1. The van der Waals surface area contributed by atoms with Crippen LogP contribution in [0.1, 0.15) is 43.5 Å². The topological polar surface area (TPSA) is 146 Å². The van der Waals surface area contributed by atoms with Crippen LogP contribution in [0.25, 0.3) is 0 Å². The highest BCUT2D eigenvalue weighted by Gasteiger charge is 2.52. The summed E-state index contributed by atoms with van der Waals surface area (Å²) in [6.45, 7) is 5.97. The van der Waals surface area contributed by atoms with Gasteiger partial charge in [-0.25, -0.2) is 15.3 Å². The number of hydrogen-bond acceptors (Lipinski definition) is 8. The number of pyridine rings is 1. The van der Waals surface area contributed by atoms with Gasteiger partial charge in [-0.3, -0.25) is 14.8 Å². The first-order valence-corrected chi connectivity index (χ1v) is 14.4. The summed E-state index contributed by atoms with van der Waals surface area (Å²) in [7, 11) is 0. The maximum Gasteiger partial charge on any atom is 0.320 e. The van der Waals surface area contributed by atoms with Gasteiger partial charge in [-0.2, -0.15) is 4.37 Å². The van der Waals surface area contributed by atoms with Crippen LogP contribution in [0.5, 0.6) is 5.75 Å². The average Bonchev–Trinajstić information content (AvgIpc) is 3.47. The predicted octanol–water partition coefficient (Wildman–Crippen LogP) is 4.90. The third-order valence-electron chi connectivity index (χ3n) is 6.74. The fourth-order valence-corrected chi connectivity index (χ4v) is 5.90. The van der Waals surface area contributed by atoms with Gasteiger partial charge in [0.1, 0.15) is 34.2 Å². The van der Waals surface area contributed by atoms with E-state index < -0.39 is 29.4 Å². The van der Waals surface area contributed by atoms with E-state index in [4.69, 9.17) is 27.9 Å². The molecule has 4 amide bonds. The third kappa shape index (κ3) is 7.07. The molecule has 2 aromatic heterocycles. The molecule has 14 heteroatoms. The zero-order chi connectivity index (χ0) is 29.7. The van der Waals surface area contributed by atoms with E-state index in [-0.39, 0.29) is 35.8 Å². The normalized spacial score (nSPS) is 17.4. The highest BCUT2D eigenvalue weighted by molar-refractivity contribution is 7.04. The van der Waals surface area contributed by atoms with Crippen molar-refractivity contribution in [2.75, 3.05) is 11.9 Å². The number of hydroxylamine groups is 1. The van der Waals surface area contributed by atoms with Crippen molar-refractivity contribution in [2.45, 2.75) is 51.8 Å². The van der Waals surface area contributed by atoms with Crippen molar-refractivity contribution in [3.8, 4) is 5.75 Å². The van der Waals surface area contributed by atoms with E-state index in [0.717, 1.165) is 5.56 Å². The van der Waals surface area contributed by atoms with Crippen molar-refractivity contribution in [1.29, 1.82) is 0 Å². The fraction of sp³-hybridized carbons (Fsp3) is 0.370. The zero-order valence-corrected chi connectivity index (χ0v) is 24.9. The summed E-state index contributed by atoms with van der Waals surface area (Å²) in [6.07, 6.45) is 0.525. The number of carbonyl (C=O) groups is 3. The summed E-state index contributed by atoms with van der Waals surface area (Å²) in [5.41, 5.74) is 2.62. The first-order chi connectivity index (χ1) is 19.5. The maximum absolute atomic E-state index is 14.1. The number of nitrogens with zero attached hydrogens (tertiary/aromatic N) is 3. The second-order valence-electron chi connectivity index (χ2n) is 10.1. The van der Waals surface area contributed by atoms with Gasteiger partial charge in [0.25, 0.3) is 11.8 Å². The molecule has 1 aliphatic rings.